The highest BCUT2D eigenvalue weighted by Crippen LogP contribution is 2.27. The summed E-state index contributed by atoms with van der Waals surface area (Å²) in [6.45, 7) is 8.31. The summed E-state index contributed by atoms with van der Waals surface area (Å²) in [5.41, 5.74) is 0. The molecule has 3 atom stereocenters. The van der Waals surface area contributed by atoms with Gasteiger partial charge in [0.2, 0.25) is 11.8 Å². The van der Waals surface area contributed by atoms with Crippen LogP contribution in [0.5, 0.6) is 0 Å². The first kappa shape index (κ1) is 20.5. The van der Waals surface area contributed by atoms with Gasteiger partial charge in [0, 0.05) is 0 Å². The number of hydrogen-bond acceptors (Lipinski definition) is 5. The summed E-state index contributed by atoms with van der Waals surface area (Å²) in [6, 6.07) is -1.12. The van der Waals surface area contributed by atoms with E-state index in [0.29, 0.717) is 12.8 Å². The third-order valence-corrected chi connectivity index (χ3v) is 3.21. The predicted molar refractivity (Wildman–Crippen MR) is 84.2 cm³/mol. The van der Waals surface area contributed by atoms with E-state index in [1.54, 1.807) is 7.05 Å². The average Bonchev–Trinajstić information content (AvgIpc) is 2.98. The van der Waals surface area contributed by atoms with Crippen molar-refractivity contribution in [2.75, 3.05) is 20.2 Å². The summed E-state index contributed by atoms with van der Waals surface area (Å²) < 4.78 is 5.51. The quantitative estimate of drug-likeness (QED) is 0.728. The van der Waals surface area contributed by atoms with Crippen LogP contribution in [-0.4, -0.2) is 61.5 Å². The van der Waals surface area contributed by atoms with E-state index in [0.717, 1.165) is 6.29 Å². The van der Waals surface area contributed by atoms with E-state index >= 15 is 0 Å². The fraction of sp³-hybridized carbons (Fsp3) is 0.800. The first-order valence-electron chi connectivity index (χ1n) is 8.00. The third kappa shape index (κ3) is 5.06. The molecule has 7 heteroatoms. The Labute approximate surface area is 132 Å². The van der Waals surface area contributed by atoms with Gasteiger partial charge < -0.3 is 25.1 Å². The van der Waals surface area contributed by atoms with Gasteiger partial charge in [0.15, 0.2) is 0 Å². The molecular weight excluding hydrogens is 286 g/mol. The van der Waals surface area contributed by atoms with Gasteiger partial charge in [-0.1, -0.05) is 27.7 Å². The largest absolute Gasteiger partial charge is 0.356 e. The van der Waals surface area contributed by atoms with E-state index < -0.39 is 12.1 Å². The van der Waals surface area contributed by atoms with Crippen LogP contribution in [-0.2, 0) is 19.1 Å². The zero-order chi connectivity index (χ0) is 17.1. The monoisotopic (exact) mass is 315 g/mol. The Morgan fingerprint density at radius 1 is 1.32 bits per heavy atom. The lowest BCUT2D eigenvalue weighted by Crippen LogP contribution is -2.60. The second kappa shape index (κ2) is 11.1. The minimum atomic E-state index is -0.692. The molecule has 0 aromatic rings. The second-order valence-corrected chi connectivity index (χ2v) is 4.46. The Morgan fingerprint density at radius 2 is 1.95 bits per heavy atom. The first-order chi connectivity index (χ1) is 10.7. The van der Waals surface area contributed by atoms with Crippen LogP contribution in [0.1, 0.15) is 40.5 Å². The van der Waals surface area contributed by atoms with Gasteiger partial charge in [-0.3, -0.25) is 9.59 Å². The summed E-state index contributed by atoms with van der Waals surface area (Å²) in [7, 11) is 1.65. The fourth-order valence-corrected chi connectivity index (χ4v) is 2.38. The summed E-state index contributed by atoms with van der Waals surface area (Å²) >= 11 is 0. The number of likely N-dealkylation sites (N-methyl/N-ethyl adjacent to an activating group) is 1. The molecule has 0 saturated carbocycles. The SMILES string of the molecule is CC.CC.CNCC(=O)NC1COC2CCC(C=O)N2C1=O. The molecule has 0 aromatic heterocycles. The van der Waals surface area contributed by atoms with Crippen molar-refractivity contribution in [2.45, 2.75) is 58.8 Å². The zero-order valence-electron chi connectivity index (χ0n) is 14.2. The summed E-state index contributed by atoms with van der Waals surface area (Å²) in [4.78, 5) is 35.9. The van der Waals surface area contributed by atoms with Gasteiger partial charge in [0.1, 0.15) is 18.6 Å². The van der Waals surface area contributed by atoms with Crippen LogP contribution in [0.25, 0.3) is 0 Å². The van der Waals surface area contributed by atoms with Crippen LogP contribution < -0.4 is 10.6 Å². The number of fused-ring (bicyclic) bond motifs is 1. The predicted octanol–water partition coefficient (Wildman–Crippen LogP) is 0.289. The van der Waals surface area contributed by atoms with Crippen molar-refractivity contribution >= 4 is 18.1 Å². The molecule has 0 radical (unpaired) electrons. The molecule has 2 fully saturated rings. The van der Waals surface area contributed by atoms with Crippen molar-refractivity contribution < 1.29 is 19.1 Å². The Morgan fingerprint density at radius 3 is 2.50 bits per heavy atom. The van der Waals surface area contributed by atoms with Gasteiger partial charge in [0.05, 0.1) is 19.2 Å². The number of hydrogen-bond donors (Lipinski definition) is 2. The molecule has 7 nitrogen and oxygen atoms in total. The van der Waals surface area contributed by atoms with E-state index in [-0.39, 0.29) is 31.2 Å². The lowest BCUT2D eigenvalue weighted by atomic mass is 10.2. The Bertz CT molecular complexity index is 363. The van der Waals surface area contributed by atoms with E-state index in [2.05, 4.69) is 10.6 Å². The number of carbonyl (C=O) groups is 3. The maximum atomic E-state index is 12.2. The lowest BCUT2D eigenvalue weighted by Gasteiger charge is -2.36. The lowest BCUT2D eigenvalue weighted by molar-refractivity contribution is -0.165. The highest BCUT2D eigenvalue weighted by molar-refractivity contribution is 5.90. The van der Waals surface area contributed by atoms with Gasteiger partial charge in [0.25, 0.3) is 0 Å². The summed E-state index contributed by atoms with van der Waals surface area (Å²) in [5.74, 6) is -0.495. The Kier molecular flexibility index (Phi) is 10.4. The molecule has 2 amide bonds. The van der Waals surface area contributed by atoms with Crippen LogP contribution in [0.4, 0.5) is 0 Å². The molecule has 2 N–H and O–H groups in total. The number of nitrogens with one attached hydrogen (secondary N) is 2. The number of rotatable bonds is 4. The van der Waals surface area contributed by atoms with Crippen molar-refractivity contribution in [3.63, 3.8) is 0 Å². The van der Waals surface area contributed by atoms with Crippen molar-refractivity contribution in [1.29, 1.82) is 0 Å². The molecule has 128 valence electrons. The third-order valence-electron chi connectivity index (χ3n) is 3.21. The number of amides is 2. The maximum Gasteiger partial charge on any atom is 0.250 e. The fourth-order valence-electron chi connectivity index (χ4n) is 2.38. The maximum absolute atomic E-state index is 12.2. The first-order valence-corrected chi connectivity index (χ1v) is 8.00. The molecule has 3 unspecified atom stereocenters. The van der Waals surface area contributed by atoms with Gasteiger partial charge in [-0.2, -0.15) is 0 Å². The Hall–Kier alpha value is -1.47. The molecule has 0 aromatic carbocycles. The number of nitrogens with zero attached hydrogens (tertiary/aromatic N) is 1. The molecule has 2 aliphatic rings. The molecule has 2 rings (SSSR count). The molecule has 0 bridgehead atoms. The molecule has 2 saturated heterocycles. The van der Waals surface area contributed by atoms with Crippen molar-refractivity contribution in [3.05, 3.63) is 0 Å². The standard InChI is InChI=1S/C11H17N3O4.2C2H6/c1-12-4-9(16)13-8-6-18-10-3-2-7(5-15)14(10)11(8)17;2*1-2/h5,7-8,10,12H,2-4,6H2,1H3,(H,13,16);2*1-2H3. The topological polar surface area (TPSA) is 87.7 Å². The van der Waals surface area contributed by atoms with E-state index in [9.17, 15) is 14.4 Å². The van der Waals surface area contributed by atoms with Gasteiger partial charge in [-0.15, -0.1) is 0 Å². The van der Waals surface area contributed by atoms with Crippen molar-refractivity contribution in [1.82, 2.24) is 15.5 Å². The molecule has 22 heavy (non-hydrogen) atoms. The summed E-state index contributed by atoms with van der Waals surface area (Å²) in [5, 5.41) is 5.30. The normalized spacial score (nSPS) is 26.0. The molecule has 0 spiro atoms. The molecule has 0 aliphatic carbocycles. The van der Waals surface area contributed by atoms with E-state index in [1.807, 2.05) is 27.7 Å². The summed E-state index contributed by atoms with van der Waals surface area (Å²) in [6.07, 6.45) is 1.74. The minimum absolute atomic E-state index is 0.143. The molecule has 2 aliphatic heterocycles. The second-order valence-electron chi connectivity index (χ2n) is 4.46. The molecule has 2 heterocycles. The zero-order valence-corrected chi connectivity index (χ0v) is 14.2. The smallest absolute Gasteiger partial charge is 0.250 e. The average molecular weight is 315 g/mol. The number of aldehydes is 1. The Balaban J connectivity index is 0.00000102. The minimum Gasteiger partial charge on any atom is -0.356 e. The number of carbonyl (C=O) groups excluding carboxylic acids is 3. The van der Waals surface area contributed by atoms with Crippen molar-refractivity contribution in [2.24, 2.45) is 0 Å². The number of ether oxygens (including phenoxy) is 1. The van der Waals surface area contributed by atoms with Crippen molar-refractivity contribution in [3.8, 4) is 0 Å². The van der Waals surface area contributed by atoms with Gasteiger partial charge in [-0.05, 0) is 19.9 Å². The van der Waals surface area contributed by atoms with Crippen LogP contribution in [0.15, 0.2) is 0 Å². The van der Waals surface area contributed by atoms with Crippen LogP contribution in [0.3, 0.4) is 0 Å². The van der Waals surface area contributed by atoms with E-state index in [1.165, 1.54) is 4.90 Å². The van der Waals surface area contributed by atoms with E-state index in [4.69, 9.17) is 4.74 Å². The van der Waals surface area contributed by atoms with Gasteiger partial charge in [-0.25, -0.2) is 0 Å². The van der Waals surface area contributed by atoms with Crippen LogP contribution >= 0.6 is 0 Å². The highest BCUT2D eigenvalue weighted by atomic mass is 16.5. The van der Waals surface area contributed by atoms with Crippen LogP contribution in [0.2, 0.25) is 0 Å². The van der Waals surface area contributed by atoms with Crippen LogP contribution in [0, 0.1) is 0 Å². The van der Waals surface area contributed by atoms with Gasteiger partial charge >= 0.3 is 0 Å². The molecular formula is C15H29N3O4. The highest BCUT2D eigenvalue weighted by Gasteiger charge is 2.44.